The molecule has 0 N–H and O–H groups in total. The lowest BCUT2D eigenvalue weighted by Crippen LogP contribution is -2.40. The largest absolute Gasteiger partial charge is 0.356 e. The first-order chi connectivity index (χ1) is 10.8. The third-order valence-electron chi connectivity index (χ3n) is 4.11. The van der Waals surface area contributed by atoms with Crippen molar-refractivity contribution in [2.45, 2.75) is 30.2 Å². The minimum absolute atomic E-state index is 0.167. The number of nitriles is 1. The molecule has 1 saturated carbocycles. The average Bonchev–Trinajstić information content (AvgIpc) is 3.05. The van der Waals surface area contributed by atoms with Crippen LogP contribution in [0.15, 0.2) is 41.6 Å². The van der Waals surface area contributed by atoms with Gasteiger partial charge in [0, 0.05) is 19.4 Å². The third kappa shape index (κ3) is 2.59. The molecule has 23 heavy (non-hydrogen) atoms. The molecule has 1 heterocycles. The Balaban J connectivity index is 2.15. The fourth-order valence-corrected chi connectivity index (χ4v) is 4.48. The molecule has 3 rings (SSSR count). The summed E-state index contributed by atoms with van der Waals surface area (Å²) in [5.74, 6) is -0.658. The molecule has 0 amide bonds. The Hall–Kier alpha value is -2.33. The van der Waals surface area contributed by atoms with E-state index in [1.54, 1.807) is 23.9 Å². The number of hydrogen-bond acceptors (Lipinski definition) is 3. The summed E-state index contributed by atoms with van der Waals surface area (Å²) in [7, 11) is -2.04. The molecule has 0 spiro atoms. The van der Waals surface area contributed by atoms with Gasteiger partial charge in [0.05, 0.1) is 16.8 Å². The summed E-state index contributed by atoms with van der Waals surface area (Å²) in [5.41, 5.74) is -0.397. The summed E-state index contributed by atoms with van der Waals surface area (Å²) < 4.78 is 42.7. The van der Waals surface area contributed by atoms with Crippen LogP contribution in [-0.2, 0) is 17.1 Å². The highest BCUT2D eigenvalue weighted by molar-refractivity contribution is 7.93. The normalized spacial score (nSPS) is 15.9. The van der Waals surface area contributed by atoms with E-state index in [9.17, 15) is 12.8 Å². The Morgan fingerprint density at radius 2 is 2.04 bits per heavy atom. The Labute approximate surface area is 134 Å². The maximum atomic E-state index is 13.6. The minimum Gasteiger partial charge on any atom is -0.356 e. The van der Waals surface area contributed by atoms with Gasteiger partial charge in [0.2, 0.25) is 0 Å². The van der Waals surface area contributed by atoms with E-state index in [2.05, 4.69) is 0 Å². The van der Waals surface area contributed by atoms with Gasteiger partial charge in [0.25, 0.3) is 10.0 Å². The first kappa shape index (κ1) is 15.6. The number of sulfonamides is 1. The van der Waals surface area contributed by atoms with Gasteiger partial charge in [-0.05, 0) is 44.0 Å². The number of aromatic nitrogens is 1. The molecule has 0 saturated heterocycles. The number of benzene rings is 1. The van der Waals surface area contributed by atoms with E-state index in [0.717, 1.165) is 18.9 Å². The number of rotatable bonds is 4. The highest BCUT2D eigenvalue weighted by atomic mass is 32.2. The van der Waals surface area contributed by atoms with Crippen LogP contribution in [-0.4, -0.2) is 18.5 Å². The Morgan fingerprint density at radius 3 is 2.57 bits per heavy atom. The van der Waals surface area contributed by atoms with Gasteiger partial charge in [-0.3, -0.25) is 4.31 Å². The predicted octanol–water partition coefficient (Wildman–Crippen LogP) is 2.78. The van der Waals surface area contributed by atoms with E-state index >= 15 is 0 Å². The molecule has 1 aromatic carbocycles. The molecule has 1 aliphatic rings. The second kappa shape index (κ2) is 5.10. The minimum atomic E-state index is -3.79. The Kier molecular flexibility index (Phi) is 3.45. The van der Waals surface area contributed by atoms with Crippen LogP contribution in [0, 0.1) is 17.1 Å². The topological polar surface area (TPSA) is 66.1 Å². The summed E-state index contributed by atoms with van der Waals surface area (Å²) in [6.07, 6.45) is 4.63. The van der Waals surface area contributed by atoms with Crippen molar-refractivity contribution in [1.29, 1.82) is 5.26 Å². The van der Waals surface area contributed by atoms with Crippen molar-refractivity contribution in [2.75, 3.05) is 4.31 Å². The third-order valence-corrected chi connectivity index (χ3v) is 6.08. The molecule has 2 aromatic rings. The number of nitrogens with zero attached hydrogens (tertiary/aromatic N) is 3. The fraction of sp³-hybridized carbons (Fsp3) is 0.312. The molecule has 0 bridgehead atoms. The molecule has 120 valence electrons. The zero-order valence-corrected chi connectivity index (χ0v) is 13.6. The summed E-state index contributed by atoms with van der Waals surface area (Å²) >= 11 is 0. The van der Waals surface area contributed by atoms with Crippen molar-refractivity contribution in [3.63, 3.8) is 0 Å². The van der Waals surface area contributed by atoms with Gasteiger partial charge in [-0.25, -0.2) is 12.8 Å². The van der Waals surface area contributed by atoms with Gasteiger partial charge in [-0.1, -0.05) is 0 Å². The molecular formula is C16H16FN3O2S. The highest BCUT2D eigenvalue weighted by Crippen LogP contribution is 2.46. The quantitative estimate of drug-likeness (QED) is 0.864. The van der Waals surface area contributed by atoms with E-state index in [-0.39, 0.29) is 10.5 Å². The molecule has 5 nitrogen and oxygen atoms in total. The maximum Gasteiger partial charge on any atom is 0.266 e. The number of aryl methyl sites for hydroxylation is 1. The van der Waals surface area contributed by atoms with E-state index in [1.807, 2.05) is 6.92 Å². The van der Waals surface area contributed by atoms with Crippen molar-refractivity contribution < 1.29 is 12.8 Å². The van der Waals surface area contributed by atoms with Crippen LogP contribution in [0.1, 0.15) is 25.3 Å². The molecule has 1 fully saturated rings. The molecule has 0 atom stereocenters. The molecule has 0 aliphatic heterocycles. The fourth-order valence-electron chi connectivity index (χ4n) is 2.59. The van der Waals surface area contributed by atoms with Crippen molar-refractivity contribution in [1.82, 2.24) is 4.57 Å². The van der Waals surface area contributed by atoms with Gasteiger partial charge in [-0.15, -0.1) is 0 Å². The zero-order chi connectivity index (χ0) is 16.8. The lowest BCUT2D eigenvalue weighted by atomic mass is 10.2. The molecule has 0 radical (unpaired) electrons. The molecule has 0 unspecified atom stereocenters. The highest BCUT2D eigenvalue weighted by Gasteiger charge is 2.49. The predicted molar refractivity (Wildman–Crippen MR) is 83.8 cm³/mol. The van der Waals surface area contributed by atoms with Crippen LogP contribution in [0.2, 0.25) is 0 Å². The van der Waals surface area contributed by atoms with Crippen LogP contribution in [0.25, 0.3) is 0 Å². The standard InChI is InChI=1S/C16H16FN3O2S/c1-16(6-7-16)20(13-3-4-15(17)12(9-13)10-18)23(21,22)14-5-8-19(2)11-14/h3-5,8-9,11H,6-7H2,1-2H3. The van der Waals surface area contributed by atoms with Crippen LogP contribution >= 0.6 is 0 Å². The van der Waals surface area contributed by atoms with E-state index in [1.165, 1.54) is 28.7 Å². The Bertz CT molecular complexity index is 908. The zero-order valence-electron chi connectivity index (χ0n) is 12.8. The van der Waals surface area contributed by atoms with Crippen molar-refractivity contribution >= 4 is 15.7 Å². The maximum absolute atomic E-state index is 13.6. The van der Waals surface area contributed by atoms with Crippen molar-refractivity contribution in [3.8, 4) is 6.07 Å². The van der Waals surface area contributed by atoms with Crippen molar-refractivity contribution in [3.05, 3.63) is 48.0 Å². The van der Waals surface area contributed by atoms with Crippen LogP contribution in [0.5, 0.6) is 0 Å². The van der Waals surface area contributed by atoms with E-state index in [4.69, 9.17) is 5.26 Å². The summed E-state index contributed by atoms with van der Waals surface area (Å²) in [6, 6.07) is 7.11. The number of anilines is 1. The van der Waals surface area contributed by atoms with Crippen LogP contribution in [0.4, 0.5) is 10.1 Å². The number of halogens is 1. The lowest BCUT2D eigenvalue weighted by Gasteiger charge is -2.30. The summed E-state index contributed by atoms with van der Waals surface area (Å²) in [6.45, 7) is 1.85. The smallest absolute Gasteiger partial charge is 0.266 e. The SMILES string of the molecule is Cn1ccc(S(=O)(=O)N(c2ccc(F)c(C#N)c2)C2(C)CC2)c1. The van der Waals surface area contributed by atoms with Gasteiger partial charge >= 0.3 is 0 Å². The average molecular weight is 333 g/mol. The van der Waals surface area contributed by atoms with E-state index < -0.39 is 21.4 Å². The Morgan fingerprint density at radius 1 is 1.35 bits per heavy atom. The first-order valence-electron chi connectivity index (χ1n) is 7.15. The molecule has 1 aliphatic carbocycles. The summed E-state index contributed by atoms with van der Waals surface area (Å²) in [5, 5.41) is 9.00. The van der Waals surface area contributed by atoms with Crippen LogP contribution in [0.3, 0.4) is 0 Å². The monoisotopic (exact) mass is 333 g/mol. The number of hydrogen-bond donors (Lipinski definition) is 0. The van der Waals surface area contributed by atoms with Gasteiger partial charge in [0.15, 0.2) is 0 Å². The molecule has 1 aromatic heterocycles. The lowest BCUT2D eigenvalue weighted by molar-refractivity contribution is 0.577. The van der Waals surface area contributed by atoms with Crippen LogP contribution < -0.4 is 4.31 Å². The van der Waals surface area contributed by atoms with Gasteiger partial charge in [0.1, 0.15) is 16.8 Å². The second-order valence-corrected chi connectivity index (χ2v) is 7.84. The second-order valence-electron chi connectivity index (χ2n) is 6.06. The van der Waals surface area contributed by atoms with Gasteiger partial charge < -0.3 is 4.57 Å². The van der Waals surface area contributed by atoms with E-state index in [0.29, 0.717) is 5.69 Å². The van der Waals surface area contributed by atoms with Crippen molar-refractivity contribution in [2.24, 2.45) is 7.05 Å². The summed E-state index contributed by atoms with van der Waals surface area (Å²) in [4.78, 5) is 0.177. The first-order valence-corrected chi connectivity index (χ1v) is 8.59. The molecular weight excluding hydrogens is 317 g/mol. The molecule has 7 heteroatoms. The van der Waals surface area contributed by atoms with Gasteiger partial charge in [-0.2, -0.15) is 5.26 Å².